The summed E-state index contributed by atoms with van der Waals surface area (Å²) in [4.78, 5) is 55.5. The number of aryl methyl sites for hydroxylation is 2. The molecule has 0 saturated carbocycles. The lowest BCUT2D eigenvalue weighted by Gasteiger charge is -2.10. The quantitative estimate of drug-likeness (QED) is 0.281. The van der Waals surface area contributed by atoms with E-state index >= 15 is 0 Å². The number of aromatic nitrogens is 4. The van der Waals surface area contributed by atoms with Crippen molar-refractivity contribution < 1.29 is 9.72 Å². The van der Waals surface area contributed by atoms with Crippen molar-refractivity contribution in [2.75, 3.05) is 11.1 Å². The molecule has 0 radical (unpaired) electrons. The van der Waals surface area contributed by atoms with Crippen molar-refractivity contribution in [2.24, 2.45) is 14.1 Å². The van der Waals surface area contributed by atoms with E-state index in [1.165, 1.54) is 42.9 Å². The fourth-order valence-corrected chi connectivity index (χ4v) is 3.49. The predicted octanol–water partition coefficient (Wildman–Crippen LogP) is 0.975. The summed E-state index contributed by atoms with van der Waals surface area (Å²) >= 11 is 1.04. The molecule has 1 amide bonds. The van der Waals surface area contributed by atoms with Crippen LogP contribution in [0, 0.1) is 17.0 Å². The van der Waals surface area contributed by atoms with Gasteiger partial charge in [-0.15, -0.1) is 0 Å². The summed E-state index contributed by atoms with van der Waals surface area (Å²) < 4.78 is 2.22. The second-order valence-corrected chi connectivity index (χ2v) is 7.09. The number of nitrogens with one attached hydrogen (secondary N) is 1. The van der Waals surface area contributed by atoms with Crippen LogP contribution in [0.1, 0.15) is 5.82 Å². The lowest BCUT2D eigenvalue weighted by molar-refractivity contribution is -0.384. The summed E-state index contributed by atoms with van der Waals surface area (Å²) in [5.74, 6) is -0.0805. The largest absolute Gasteiger partial charge is 0.332 e. The molecule has 3 aromatic rings. The van der Waals surface area contributed by atoms with Crippen LogP contribution in [-0.2, 0) is 18.9 Å². The highest BCUT2D eigenvalue weighted by atomic mass is 32.2. The molecule has 0 spiro atoms. The number of carbonyl (C=O) groups excluding carboxylic acids is 1. The van der Waals surface area contributed by atoms with Crippen LogP contribution in [0.25, 0.3) is 11.0 Å². The molecular weight excluding hydrogens is 400 g/mol. The number of hydrogen-bond donors (Lipinski definition) is 1. The number of nitro groups is 1. The zero-order valence-electron chi connectivity index (χ0n) is 15.7. The first-order valence-electron chi connectivity index (χ1n) is 8.30. The first-order chi connectivity index (χ1) is 13.7. The van der Waals surface area contributed by atoms with Gasteiger partial charge in [0.2, 0.25) is 5.91 Å². The van der Waals surface area contributed by atoms with Crippen LogP contribution in [-0.4, -0.2) is 35.7 Å². The van der Waals surface area contributed by atoms with Crippen LogP contribution in [0.3, 0.4) is 0 Å². The predicted molar refractivity (Wildman–Crippen MR) is 107 cm³/mol. The number of thioether (sulfide) groups is 1. The van der Waals surface area contributed by atoms with Gasteiger partial charge in [0, 0.05) is 31.9 Å². The van der Waals surface area contributed by atoms with Crippen molar-refractivity contribution in [1.29, 1.82) is 0 Å². The molecule has 12 heteroatoms. The lowest BCUT2D eigenvalue weighted by Crippen LogP contribution is -2.37. The Labute approximate surface area is 167 Å². The van der Waals surface area contributed by atoms with Gasteiger partial charge in [-0.3, -0.25) is 28.8 Å². The summed E-state index contributed by atoms with van der Waals surface area (Å²) in [5.41, 5.74) is -0.525. The van der Waals surface area contributed by atoms with E-state index in [0.29, 0.717) is 16.5 Å². The smallest absolute Gasteiger partial charge is 0.325 e. The number of benzene rings is 1. The number of nitrogens with zero attached hydrogens (tertiary/aromatic N) is 5. The molecule has 0 bridgehead atoms. The van der Waals surface area contributed by atoms with E-state index in [2.05, 4.69) is 15.3 Å². The van der Waals surface area contributed by atoms with Crippen LogP contribution in [0.2, 0.25) is 0 Å². The van der Waals surface area contributed by atoms with E-state index in [1.54, 1.807) is 6.92 Å². The number of anilines is 1. The van der Waals surface area contributed by atoms with Crippen molar-refractivity contribution >= 4 is 40.1 Å². The van der Waals surface area contributed by atoms with Crippen LogP contribution in [0.5, 0.6) is 0 Å². The van der Waals surface area contributed by atoms with Crippen molar-refractivity contribution in [3.8, 4) is 0 Å². The molecule has 2 heterocycles. The lowest BCUT2D eigenvalue weighted by atomic mass is 10.3. The van der Waals surface area contributed by atoms with Gasteiger partial charge < -0.3 is 5.32 Å². The van der Waals surface area contributed by atoms with E-state index in [-0.39, 0.29) is 28.4 Å². The van der Waals surface area contributed by atoms with Crippen molar-refractivity contribution in [3.05, 3.63) is 61.0 Å². The molecular formula is C17H16N6O5S. The zero-order valence-corrected chi connectivity index (χ0v) is 16.5. The molecule has 1 aromatic carbocycles. The number of nitro benzene ring substituents is 1. The monoisotopic (exact) mass is 416 g/mol. The van der Waals surface area contributed by atoms with Crippen LogP contribution < -0.4 is 16.6 Å². The van der Waals surface area contributed by atoms with Crippen molar-refractivity contribution in [3.63, 3.8) is 0 Å². The molecule has 29 heavy (non-hydrogen) atoms. The number of carbonyl (C=O) groups is 1. The van der Waals surface area contributed by atoms with Crippen LogP contribution >= 0.6 is 11.8 Å². The van der Waals surface area contributed by atoms with E-state index < -0.39 is 16.2 Å². The molecule has 3 rings (SSSR count). The number of amides is 1. The third-order valence-corrected chi connectivity index (χ3v) is 5.06. The first kappa shape index (κ1) is 20.2. The molecule has 0 aliphatic heterocycles. The van der Waals surface area contributed by atoms with Gasteiger partial charge in [0.15, 0.2) is 5.65 Å². The summed E-state index contributed by atoms with van der Waals surface area (Å²) in [5, 5.41) is 13.8. The molecule has 2 aromatic heterocycles. The van der Waals surface area contributed by atoms with Gasteiger partial charge in [0.1, 0.15) is 16.2 Å². The summed E-state index contributed by atoms with van der Waals surface area (Å²) in [6.07, 6.45) is 0. The average Bonchev–Trinajstić information content (AvgIpc) is 2.69. The van der Waals surface area contributed by atoms with Gasteiger partial charge in [0.25, 0.3) is 11.2 Å². The van der Waals surface area contributed by atoms with Gasteiger partial charge in [-0.05, 0) is 19.1 Å². The SMILES string of the molecule is Cc1nc(SCC(=O)Nc2ccc([N+](=O)[O-])cc2)c2c(=O)n(C)c(=O)n(C)c2n1. The highest BCUT2D eigenvalue weighted by Gasteiger charge is 2.17. The Morgan fingerprint density at radius 3 is 2.45 bits per heavy atom. The van der Waals surface area contributed by atoms with Gasteiger partial charge in [0.05, 0.1) is 10.7 Å². The van der Waals surface area contributed by atoms with Crippen LogP contribution in [0.15, 0.2) is 38.9 Å². The molecule has 1 N–H and O–H groups in total. The molecule has 0 aliphatic rings. The van der Waals surface area contributed by atoms with Gasteiger partial charge in [-0.25, -0.2) is 14.8 Å². The molecule has 0 fully saturated rings. The average molecular weight is 416 g/mol. The Balaban J connectivity index is 1.85. The first-order valence-corrected chi connectivity index (χ1v) is 9.29. The summed E-state index contributed by atoms with van der Waals surface area (Å²) in [7, 11) is 2.87. The highest BCUT2D eigenvalue weighted by Crippen LogP contribution is 2.22. The second kappa shape index (κ2) is 7.83. The van der Waals surface area contributed by atoms with Gasteiger partial charge in [-0.2, -0.15) is 0 Å². The summed E-state index contributed by atoms with van der Waals surface area (Å²) in [6, 6.07) is 5.43. The van der Waals surface area contributed by atoms with E-state index in [9.17, 15) is 24.5 Å². The Morgan fingerprint density at radius 1 is 1.17 bits per heavy atom. The maximum absolute atomic E-state index is 12.6. The normalized spacial score (nSPS) is 10.9. The maximum Gasteiger partial charge on any atom is 0.332 e. The Kier molecular flexibility index (Phi) is 5.46. The zero-order chi connectivity index (χ0) is 21.3. The van der Waals surface area contributed by atoms with Gasteiger partial charge in [-0.1, -0.05) is 11.8 Å². The second-order valence-electron chi connectivity index (χ2n) is 6.12. The Hall–Kier alpha value is -3.54. The third-order valence-electron chi connectivity index (χ3n) is 4.08. The number of hydrogen-bond acceptors (Lipinski definition) is 8. The summed E-state index contributed by atoms with van der Waals surface area (Å²) in [6.45, 7) is 1.63. The minimum atomic E-state index is -0.540. The van der Waals surface area contributed by atoms with E-state index in [0.717, 1.165) is 16.3 Å². The number of rotatable bonds is 5. The maximum atomic E-state index is 12.6. The minimum absolute atomic E-state index is 0.0610. The van der Waals surface area contributed by atoms with Crippen molar-refractivity contribution in [2.45, 2.75) is 11.9 Å². The number of fused-ring (bicyclic) bond motifs is 1. The molecule has 150 valence electrons. The number of non-ortho nitro benzene ring substituents is 1. The topological polar surface area (TPSA) is 142 Å². The van der Waals surface area contributed by atoms with Crippen molar-refractivity contribution in [1.82, 2.24) is 19.1 Å². The van der Waals surface area contributed by atoms with Gasteiger partial charge >= 0.3 is 5.69 Å². The molecule has 0 aliphatic carbocycles. The standard InChI is InChI=1S/C17H16N6O5S/c1-9-18-14-13(16(25)22(3)17(26)21(14)2)15(19-9)29-8-12(24)20-10-4-6-11(7-5-10)23(27)28/h4-7H,8H2,1-3H3,(H,20,24). The molecule has 0 unspecified atom stereocenters. The molecule has 11 nitrogen and oxygen atoms in total. The molecule has 0 saturated heterocycles. The van der Waals surface area contributed by atoms with Crippen LogP contribution in [0.4, 0.5) is 11.4 Å². The Morgan fingerprint density at radius 2 is 1.83 bits per heavy atom. The minimum Gasteiger partial charge on any atom is -0.325 e. The Bertz CT molecular complexity index is 1250. The van der Waals surface area contributed by atoms with E-state index in [4.69, 9.17) is 0 Å². The molecule has 0 atom stereocenters. The van der Waals surface area contributed by atoms with E-state index in [1.807, 2.05) is 0 Å². The highest BCUT2D eigenvalue weighted by molar-refractivity contribution is 8.00. The fourth-order valence-electron chi connectivity index (χ4n) is 2.63. The third kappa shape index (κ3) is 4.01. The fraction of sp³-hybridized carbons (Fsp3) is 0.235.